The zero-order valence-electron chi connectivity index (χ0n) is 50.8. The van der Waals surface area contributed by atoms with E-state index in [9.17, 15) is 76.6 Å². The van der Waals surface area contributed by atoms with Crippen molar-refractivity contribution in [2.45, 2.75) is 279 Å². The average molecular weight is 1240 g/mol. The Labute approximate surface area is 502 Å². The van der Waals surface area contributed by atoms with Gasteiger partial charge in [-0.25, -0.2) is 0 Å². The van der Waals surface area contributed by atoms with Crippen molar-refractivity contribution in [2.75, 3.05) is 33.0 Å². The van der Waals surface area contributed by atoms with E-state index >= 15 is 4.79 Å². The zero-order chi connectivity index (χ0) is 62.9. The van der Waals surface area contributed by atoms with Crippen molar-refractivity contribution in [3.8, 4) is 0 Å². The highest BCUT2D eigenvalue weighted by atomic mass is 16.8. The number of hydrogen-bond acceptors (Lipinski definition) is 26. The first-order chi connectivity index (χ1) is 40.3. The molecule has 4 aliphatic carbocycles. The Morgan fingerprint density at radius 1 is 0.616 bits per heavy atom. The third-order valence-electron chi connectivity index (χ3n) is 22.2. The first kappa shape index (κ1) is 68.8. The molecule has 496 valence electrons. The first-order valence-electron chi connectivity index (χ1n) is 31.1. The molecule has 9 rings (SSSR count). The summed E-state index contributed by atoms with van der Waals surface area (Å²) in [7, 11) is 0. The smallest absolute Gasteiger partial charge is 0.187 e. The van der Waals surface area contributed by atoms with Gasteiger partial charge < -0.3 is 124 Å². The lowest BCUT2D eigenvalue weighted by molar-refractivity contribution is -0.365. The van der Waals surface area contributed by atoms with Gasteiger partial charge in [0.1, 0.15) is 91.2 Å². The normalized spacial score (nSPS) is 49.7. The maximum absolute atomic E-state index is 15.4. The Hall–Kier alpha value is -1.59. The van der Waals surface area contributed by atoms with Crippen LogP contribution in [0.25, 0.3) is 0 Å². The monoisotopic (exact) mass is 1240 g/mol. The summed E-state index contributed by atoms with van der Waals surface area (Å²) in [5, 5.41) is 159. The van der Waals surface area contributed by atoms with Crippen LogP contribution in [0.3, 0.4) is 0 Å². The predicted octanol–water partition coefficient (Wildman–Crippen LogP) is -2.11. The molecule has 0 aromatic rings. The molecule has 0 aromatic carbocycles. The van der Waals surface area contributed by atoms with Gasteiger partial charge in [0.05, 0.1) is 69.2 Å². The van der Waals surface area contributed by atoms with Crippen LogP contribution >= 0.6 is 0 Å². The Bertz CT molecular complexity index is 2290. The van der Waals surface area contributed by atoms with E-state index in [4.69, 9.17) is 47.4 Å². The highest BCUT2D eigenvalue weighted by Crippen LogP contribution is 2.74. The van der Waals surface area contributed by atoms with Crippen LogP contribution in [0.5, 0.6) is 0 Å². The summed E-state index contributed by atoms with van der Waals surface area (Å²) in [4.78, 5) is 15.4. The lowest BCUT2D eigenvalue weighted by Gasteiger charge is -2.65. The topological polar surface area (TPSA) is 413 Å². The highest BCUT2D eigenvalue weighted by molar-refractivity contribution is 5.88. The second kappa shape index (κ2) is 26.8. The van der Waals surface area contributed by atoms with E-state index in [1.165, 1.54) is 0 Å². The molecule has 31 atom stereocenters. The van der Waals surface area contributed by atoms with Gasteiger partial charge in [-0.05, 0) is 93.3 Å². The average Bonchev–Trinajstić information content (AvgIpc) is 1.28. The van der Waals surface area contributed by atoms with Crippen LogP contribution in [0.1, 0.15) is 126 Å². The third kappa shape index (κ3) is 12.9. The summed E-state index contributed by atoms with van der Waals surface area (Å²) in [6.07, 6.45) is -25.6. The summed E-state index contributed by atoms with van der Waals surface area (Å²) in [6.45, 7) is 13.5. The van der Waals surface area contributed by atoms with E-state index in [1.54, 1.807) is 13.8 Å². The van der Waals surface area contributed by atoms with Crippen molar-refractivity contribution in [2.24, 2.45) is 45.3 Å². The van der Waals surface area contributed by atoms with Gasteiger partial charge in [-0.1, -0.05) is 53.2 Å². The maximum atomic E-state index is 15.4. The van der Waals surface area contributed by atoms with E-state index in [1.807, 2.05) is 0 Å². The number of rotatable bonds is 20. The minimum absolute atomic E-state index is 0.00753. The summed E-state index contributed by atoms with van der Waals surface area (Å²) >= 11 is 0. The van der Waals surface area contributed by atoms with Crippen LogP contribution in [0.15, 0.2) is 11.6 Å². The summed E-state index contributed by atoms with van der Waals surface area (Å²) in [5.41, 5.74) is -2.35. The summed E-state index contributed by atoms with van der Waals surface area (Å²) in [5.74, 6) is 0.240. The number of fused-ring (bicyclic) bond motifs is 5. The third-order valence-corrected chi connectivity index (χ3v) is 22.2. The number of hydrogen-bond donors (Lipinski definition) is 15. The molecule has 86 heavy (non-hydrogen) atoms. The summed E-state index contributed by atoms with van der Waals surface area (Å²) < 4.78 is 60.3. The van der Waals surface area contributed by atoms with Crippen LogP contribution in [0, 0.1) is 45.3 Å². The van der Waals surface area contributed by atoms with Gasteiger partial charge in [-0.2, -0.15) is 0 Å². The predicted molar refractivity (Wildman–Crippen MR) is 295 cm³/mol. The number of carbonyl (C=O) groups is 1. The van der Waals surface area contributed by atoms with Crippen molar-refractivity contribution < 1.29 is 129 Å². The number of carbonyl (C=O) groups excluding carboxylic acids is 1. The highest BCUT2D eigenvalue weighted by Gasteiger charge is 2.71. The first-order valence-corrected chi connectivity index (χ1v) is 31.1. The molecular weight excluding hydrogens is 1140 g/mol. The molecule has 15 N–H and O–H groups in total. The molecule has 1 unspecified atom stereocenters. The van der Waals surface area contributed by atoms with Crippen molar-refractivity contribution in [3.05, 3.63) is 11.6 Å². The molecule has 3 saturated carbocycles. The molecule has 9 aliphatic rings. The van der Waals surface area contributed by atoms with Crippen molar-refractivity contribution >= 4 is 5.78 Å². The van der Waals surface area contributed by atoms with Gasteiger partial charge in [-0.15, -0.1) is 0 Å². The van der Waals surface area contributed by atoms with E-state index in [0.717, 1.165) is 18.4 Å². The second-order valence-corrected chi connectivity index (χ2v) is 28.2. The maximum Gasteiger partial charge on any atom is 0.187 e. The number of aliphatic hydroxyl groups is 15. The molecule has 0 amide bonds. The number of allylic oxidation sites excluding steroid dienone is 1. The SMILES string of the molecule is C[C@H](CC[C@@H](O[C@@H]1O[C@H](CO[C@@H]2O[C@H](CO)[C@@H](O)[C@H](O)[C@H]2O)[C@@H](O)[C@H](O)[C@H]1O[C@H]1C[C@@H](O)C[C@@H](CO)O1)C(C)(C)O)[C@H]1CC[C@@]2(C)C3CC=C4[C@@H](CC[C@H](O[C@H]5C[C@@H](O)[C@H](O)[C@@H](CO[C@@H]6O[C@H](CO)[C@@H](O)[C@H](O)[C@H]6O)O5)C4(C)C)[C@]3(C)C(=O)C[C@]12C. The van der Waals surface area contributed by atoms with Gasteiger partial charge in [0.25, 0.3) is 0 Å². The molecule has 8 fully saturated rings. The Balaban J connectivity index is 0.868. The van der Waals surface area contributed by atoms with Gasteiger partial charge in [0.2, 0.25) is 0 Å². The van der Waals surface area contributed by atoms with Crippen LogP contribution < -0.4 is 0 Å². The number of aliphatic hydroxyl groups excluding tert-OH is 14. The van der Waals surface area contributed by atoms with Crippen LogP contribution in [-0.2, 0) is 52.2 Å². The lowest BCUT2D eigenvalue weighted by atomic mass is 9.38. The number of Topliss-reactive ketones (excluding diaryl/α,β-unsaturated/α-hetero) is 1. The Morgan fingerprint density at radius 2 is 1.19 bits per heavy atom. The molecule has 5 aliphatic heterocycles. The van der Waals surface area contributed by atoms with Gasteiger partial charge in [-0.3, -0.25) is 4.79 Å². The fourth-order valence-electron chi connectivity index (χ4n) is 16.7. The molecular formula is C60H100O26. The molecule has 26 nitrogen and oxygen atoms in total. The molecule has 0 aromatic heterocycles. The molecule has 0 bridgehead atoms. The lowest BCUT2D eigenvalue weighted by Crippen LogP contribution is -2.63. The Kier molecular flexibility index (Phi) is 21.4. The van der Waals surface area contributed by atoms with Gasteiger partial charge in [0, 0.05) is 36.5 Å². The van der Waals surface area contributed by atoms with Crippen molar-refractivity contribution in [3.63, 3.8) is 0 Å². The molecule has 0 radical (unpaired) electrons. The van der Waals surface area contributed by atoms with E-state index in [2.05, 4.69) is 47.6 Å². The van der Waals surface area contributed by atoms with Gasteiger partial charge in [0.15, 0.2) is 31.5 Å². The molecule has 5 heterocycles. The fourth-order valence-corrected chi connectivity index (χ4v) is 16.7. The summed E-state index contributed by atoms with van der Waals surface area (Å²) in [6, 6.07) is 0. The van der Waals surface area contributed by atoms with Gasteiger partial charge >= 0.3 is 0 Å². The van der Waals surface area contributed by atoms with E-state index in [-0.39, 0.29) is 67.2 Å². The van der Waals surface area contributed by atoms with Crippen LogP contribution in [-0.4, -0.2) is 268 Å². The molecule has 5 saturated heterocycles. The van der Waals surface area contributed by atoms with Crippen LogP contribution in [0.4, 0.5) is 0 Å². The minimum Gasteiger partial charge on any atom is -0.394 e. The number of ether oxygens (including phenoxy) is 10. The van der Waals surface area contributed by atoms with E-state index in [0.29, 0.717) is 32.1 Å². The standard InChI is InChI=1S/C60H100O26/c1-26(9-13-40(57(4,5)76)85-55-52(86-41-18-27(64)17-28(21-61)79-41)49(73)46(70)36(83-55)25-78-54-51(75)48(72)45(69)34(23-63)82-54)29-15-16-58(6)37-12-10-30-31(60(37,8)38(66)20-59(29,58)7)11-14-39(56(30,2)3)84-42-19-32(65)43(67)35(80-42)24-77-53-50(74)47(71)44(68)33(22-62)81-53/h10,26-29,31-37,39-55,61-65,67-76H,9,11-25H2,1-8H3/t26-,27+,28+,29-,31-,32-,33-,34-,35-,36-,37?,39+,40-,41+,42+,43+,44-,45-,46-,47+,48+,49+,50-,51-,52-,53-,54-,55+,58+,59-,60+/m1/s1. The quantitative estimate of drug-likeness (QED) is 0.0580. The van der Waals surface area contributed by atoms with E-state index < -0.39 is 196 Å². The Morgan fingerprint density at radius 3 is 1.77 bits per heavy atom. The molecule has 26 heteroatoms. The fraction of sp³-hybridized carbons (Fsp3) is 0.950. The van der Waals surface area contributed by atoms with Crippen molar-refractivity contribution in [1.29, 1.82) is 0 Å². The largest absolute Gasteiger partial charge is 0.394 e. The second-order valence-electron chi connectivity index (χ2n) is 28.2. The molecule has 0 spiro atoms. The number of ketones is 1. The zero-order valence-corrected chi connectivity index (χ0v) is 50.8. The minimum atomic E-state index is -1.77. The van der Waals surface area contributed by atoms with Crippen molar-refractivity contribution in [1.82, 2.24) is 0 Å². The van der Waals surface area contributed by atoms with Crippen LogP contribution in [0.2, 0.25) is 0 Å².